The Labute approximate surface area is 135 Å². The Balaban J connectivity index is 2.01. The fourth-order valence-corrected chi connectivity index (χ4v) is 2.85. The Morgan fingerprint density at radius 1 is 1.10 bits per heavy atom. The molecule has 0 fully saturated rings. The summed E-state index contributed by atoms with van der Waals surface area (Å²) in [5.41, 5.74) is 1.89. The van der Waals surface area contributed by atoms with Gasteiger partial charge in [-0.05, 0) is 43.2 Å². The number of para-hydroxylation sites is 1. The number of hydrogen-bond acceptors (Lipinski definition) is 2. The molecule has 2 aromatic carbocycles. The first-order valence-corrected chi connectivity index (χ1v) is 7.80. The van der Waals surface area contributed by atoms with Crippen LogP contribution in [0.2, 0.25) is 10.0 Å². The van der Waals surface area contributed by atoms with Gasteiger partial charge in [-0.1, -0.05) is 47.5 Å². The van der Waals surface area contributed by atoms with Gasteiger partial charge in [-0.15, -0.1) is 0 Å². The van der Waals surface area contributed by atoms with E-state index in [4.69, 9.17) is 23.2 Å². The molecule has 21 heavy (non-hydrogen) atoms. The van der Waals surface area contributed by atoms with Crippen molar-refractivity contribution in [1.29, 1.82) is 0 Å². The van der Waals surface area contributed by atoms with Crippen LogP contribution >= 0.6 is 23.2 Å². The minimum absolute atomic E-state index is 0.512. The zero-order valence-corrected chi connectivity index (χ0v) is 13.5. The fourth-order valence-electron chi connectivity index (χ4n) is 2.31. The molecule has 0 aliphatic rings. The average Bonchev–Trinajstić information content (AvgIpc) is 2.48. The second-order valence-corrected chi connectivity index (χ2v) is 5.73. The highest BCUT2D eigenvalue weighted by molar-refractivity contribution is 6.35. The van der Waals surface area contributed by atoms with Crippen LogP contribution in [-0.4, -0.2) is 18.2 Å². The topological polar surface area (TPSA) is 23.5 Å². The highest BCUT2D eigenvalue weighted by Gasteiger charge is 2.14. The van der Waals surface area contributed by atoms with Crippen molar-refractivity contribution in [1.82, 2.24) is 0 Å². The summed E-state index contributed by atoms with van der Waals surface area (Å²) in [6.07, 6.45) is 0.0249. The van der Waals surface area contributed by atoms with Gasteiger partial charge in [0.05, 0.1) is 6.10 Å². The lowest BCUT2D eigenvalue weighted by atomic mass is 10.1. The zero-order valence-electron chi connectivity index (χ0n) is 12.0. The van der Waals surface area contributed by atoms with E-state index < -0.39 is 6.10 Å². The zero-order chi connectivity index (χ0) is 15.2. The van der Waals surface area contributed by atoms with Crippen LogP contribution < -0.4 is 4.90 Å². The number of aliphatic hydroxyl groups excluding tert-OH is 1. The third-order valence-corrected chi connectivity index (χ3v) is 4.06. The third kappa shape index (κ3) is 4.37. The van der Waals surface area contributed by atoms with Crippen LogP contribution in [0, 0.1) is 0 Å². The number of aliphatic hydroxyl groups is 1. The van der Waals surface area contributed by atoms with Gasteiger partial charge in [-0.3, -0.25) is 0 Å². The molecule has 0 bridgehead atoms. The largest absolute Gasteiger partial charge is 0.388 e. The molecule has 0 radical (unpaired) electrons. The van der Waals surface area contributed by atoms with E-state index in [9.17, 15) is 5.11 Å². The Hall–Kier alpha value is -1.22. The SMILES string of the molecule is CCN(CCC(O)c1ccc(Cl)cc1Cl)c1ccccc1. The second kappa shape index (κ2) is 7.69. The smallest absolute Gasteiger partial charge is 0.0821 e. The van der Waals surface area contributed by atoms with Gasteiger partial charge in [0.2, 0.25) is 0 Å². The molecule has 1 N–H and O–H groups in total. The molecule has 0 amide bonds. The molecule has 112 valence electrons. The predicted octanol–water partition coefficient (Wildman–Crippen LogP) is 4.94. The van der Waals surface area contributed by atoms with E-state index in [1.807, 2.05) is 18.2 Å². The molecule has 0 aromatic heterocycles. The van der Waals surface area contributed by atoms with Crippen LogP contribution in [0.5, 0.6) is 0 Å². The van der Waals surface area contributed by atoms with E-state index in [0.29, 0.717) is 16.5 Å². The molecule has 1 unspecified atom stereocenters. The van der Waals surface area contributed by atoms with Gasteiger partial charge in [0.1, 0.15) is 0 Å². The maximum atomic E-state index is 10.3. The maximum Gasteiger partial charge on any atom is 0.0821 e. The lowest BCUT2D eigenvalue weighted by molar-refractivity contribution is 0.169. The quantitative estimate of drug-likeness (QED) is 0.813. The predicted molar refractivity (Wildman–Crippen MR) is 90.4 cm³/mol. The van der Waals surface area contributed by atoms with Gasteiger partial charge in [-0.25, -0.2) is 0 Å². The lowest BCUT2D eigenvalue weighted by Gasteiger charge is -2.24. The number of anilines is 1. The minimum atomic E-state index is -0.590. The highest BCUT2D eigenvalue weighted by atomic mass is 35.5. The summed E-state index contributed by atoms with van der Waals surface area (Å²) in [6.45, 7) is 3.76. The Morgan fingerprint density at radius 3 is 2.43 bits per heavy atom. The standard InChI is InChI=1S/C17H19Cl2NO/c1-2-20(14-6-4-3-5-7-14)11-10-17(21)15-9-8-13(18)12-16(15)19/h3-9,12,17,21H,2,10-11H2,1H3. The number of nitrogens with zero attached hydrogens (tertiary/aromatic N) is 1. The fraction of sp³-hybridized carbons (Fsp3) is 0.294. The molecule has 0 heterocycles. The summed E-state index contributed by atoms with van der Waals surface area (Å²) in [7, 11) is 0. The summed E-state index contributed by atoms with van der Waals surface area (Å²) < 4.78 is 0. The summed E-state index contributed by atoms with van der Waals surface area (Å²) in [4.78, 5) is 2.23. The third-order valence-electron chi connectivity index (χ3n) is 3.50. The highest BCUT2D eigenvalue weighted by Crippen LogP contribution is 2.28. The monoisotopic (exact) mass is 323 g/mol. The van der Waals surface area contributed by atoms with Crippen LogP contribution in [0.25, 0.3) is 0 Å². The minimum Gasteiger partial charge on any atom is -0.388 e. The normalized spacial score (nSPS) is 12.2. The molecule has 0 aliphatic carbocycles. The number of benzene rings is 2. The van der Waals surface area contributed by atoms with Gasteiger partial charge in [0.25, 0.3) is 0 Å². The van der Waals surface area contributed by atoms with Crippen molar-refractivity contribution in [2.75, 3.05) is 18.0 Å². The summed E-state index contributed by atoms with van der Waals surface area (Å²) >= 11 is 12.0. The average molecular weight is 324 g/mol. The summed E-state index contributed by atoms with van der Waals surface area (Å²) in [5, 5.41) is 11.4. The molecular weight excluding hydrogens is 305 g/mol. The van der Waals surface area contributed by atoms with E-state index in [1.54, 1.807) is 18.2 Å². The van der Waals surface area contributed by atoms with Crippen molar-refractivity contribution >= 4 is 28.9 Å². The second-order valence-electron chi connectivity index (χ2n) is 4.89. The van der Waals surface area contributed by atoms with Crippen molar-refractivity contribution < 1.29 is 5.11 Å². The first-order valence-electron chi connectivity index (χ1n) is 7.04. The van der Waals surface area contributed by atoms with Crippen molar-refractivity contribution in [2.45, 2.75) is 19.4 Å². The van der Waals surface area contributed by atoms with Crippen LogP contribution in [0.15, 0.2) is 48.5 Å². The first kappa shape index (κ1) is 16.2. The Kier molecular flexibility index (Phi) is 5.92. The van der Waals surface area contributed by atoms with Gasteiger partial charge < -0.3 is 10.0 Å². The summed E-state index contributed by atoms with van der Waals surface area (Å²) in [5.74, 6) is 0. The van der Waals surface area contributed by atoms with Crippen molar-refractivity contribution in [3.05, 3.63) is 64.1 Å². The number of rotatable bonds is 6. The van der Waals surface area contributed by atoms with Crippen LogP contribution in [0.4, 0.5) is 5.69 Å². The van der Waals surface area contributed by atoms with E-state index >= 15 is 0 Å². The van der Waals surface area contributed by atoms with E-state index in [2.05, 4.69) is 24.0 Å². The van der Waals surface area contributed by atoms with Crippen molar-refractivity contribution in [2.24, 2.45) is 0 Å². The van der Waals surface area contributed by atoms with E-state index in [0.717, 1.165) is 24.3 Å². The Bertz CT molecular complexity index is 574. The molecular formula is C17H19Cl2NO. The van der Waals surface area contributed by atoms with Gasteiger partial charge in [0, 0.05) is 28.8 Å². The molecule has 0 spiro atoms. The molecule has 2 nitrogen and oxygen atoms in total. The van der Waals surface area contributed by atoms with E-state index in [1.165, 1.54) is 0 Å². The molecule has 1 atom stereocenters. The maximum absolute atomic E-state index is 10.3. The number of hydrogen-bond donors (Lipinski definition) is 1. The van der Waals surface area contributed by atoms with Crippen LogP contribution in [0.3, 0.4) is 0 Å². The van der Waals surface area contributed by atoms with Crippen molar-refractivity contribution in [3.63, 3.8) is 0 Å². The van der Waals surface area contributed by atoms with Gasteiger partial charge in [-0.2, -0.15) is 0 Å². The van der Waals surface area contributed by atoms with Crippen LogP contribution in [-0.2, 0) is 0 Å². The molecule has 2 rings (SSSR count). The lowest BCUT2D eigenvalue weighted by Crippen LogP contribution is -2.25. The van der Waals surface area contributed by atoms with Gasteiger partial charge in [0.15, 0.2) is 0 Å². The molecule has 0 saturated heterocycles. The molecule has 4 heteroatoms. The Morgan fingerprint density at radius 2 is 1.81 bits per heavy atom. The first-order chi connectivity index (χ1) is 10.1. The number of halogens is 2. The van der Waals surface area contributed by atoms with Crippen molar-refractivity contribution in [3.8, 4) is 0 Å². The molecule has 0 aliphatic heterocycles. The van der Waals surface area contributed by atoms with Gasteiger partial charge >= 0.3 is 0 Å². The van der Waals surface area contributed by atoms with Crippen LogP contribution in [0.1, 0.15) is 25.0 Å². The summed E-state index contributed by atoms with van der Waals surface area (Å²) in [6, 6.07) is 15.4. The molecule has 2 aromatic rings. The van der Waals surface area contributed by atoms with E-state index in [-0.39, 0.29) is 0 Å². The molecule has 0 saturated carbocycles.